The second-order valence-corrected chi connectivity index (χ2v) is 8.20. The van der Waals surface area contributed by atoms with Crippen LogP contribution in [-0.4, -0.2) is 12.6 Å². The van der Waals surface area contributed by atoms with Gasteiger partial charge in [0.25, 0.3) is 0 Å². The van der Waals surface area contributed by atoms with Crippen LogP contribution in [0.4, 0.5) is 5.69 Å². The topological polar surface area (TPSA) is 15.3 Å². The maximum atomic E-state index is 3.70. The number of halogens is 1. The smallest absolute Gasteiger partial charge is 0.0519 e. The molecule has 0 fully saturated rings. The largest absolute Gasteiger partial charge is 0.369 e. The number of hydrogen-bond acceptors (Lipinski definition) is 3. The fraction of sp³-hybridized carbons (Fsp3) is 0.412. The minimum Gasteiger partial charge on any atom is -0.369 e. The van der Waals surface area contributed by atoms with Gasteiger partial charge in [-0.3, -0.25) is 0 Å². The van der Waals surface area contributed by atoms with E-state index in [1.165, 1.54) is 16.1 Å². The van der Waals surface area contributed by atoms with Crippen LogP contribution < -0.4 is 10.2 Å². The van der Waals surface area contributed by atoms with Crippen LogP contribution in [0.15, 0.2) is 40.2 Å². The first-order chi connectivity index (χ1) is 9.85. The first kappa shape index (κ1) is 16.5. The zero-order valence-corrected chi connectivity index (χ0v) is 15.5. The molecule has 0 atom stereocenters. The highest BCUT2D eigenvalue weighted by molar-refractivity contribution is 9.10. The molecule has 0 amide bonds. The van der Waals surface area contributed by atoms with Crippen molar-refractivity contribution in [1.29, 1.82) is 0 Å². The van der Waals surface area contributed by atoms with Crippen molar-refractivity contribution in [1.82, 2.24) is 5.32 Å². The van der Waals surface area contributed by atoms with E-state index in [4.69, 9.17) is 0 Å². The van der Waals surface area contributed by atoms with Crippen LogP contribution >= 0.6 is 27.3 Å². The molecule has 21 heavy (non-hydrogen) atoms. The Kier molecular flexibility index (Phi) is 5.47. The van der Waals surface area contributed by atoms with Crippen LogP contribution in [-0.2, 0) is 13.1 Å². The van der Waals surface area contributed by atoms with Crippen molar-refractivity contribution < 1.29 is 0 Å². The molecule has 0 aliphatic heterocycles. The molecule has 2 aromatic rings. The SMILES string of the molecule is CN(Cc1cccs1)c1ccc(CNC(C)(C)C)c(Br)c1. The third kappa shape index (κ3) is 5.13. The average molecular weight is 367 g/mol. The Morgan fingerprint density at radius 1 is 1.24 bits per heavy atom. The van der Waals surface area contributed by atoms with Crippen molar-refractivity contribution in [2.75, 3.05) is 11.9 Å². The lowest BCUT2D eigenvalue weighted by atomic mass is 10.1. The Balaban J connectivity index is 2.04. The third-order valence-corrected chi connectivity index (χ3v) is 4.86. The van der Waals surface area contributed by atoms with Crippen LogP contribution in [0.25, 0.3) is 0 Å². The van der Waals surface area contributed by atoms with Gasteiger partial charge in [-0.2, -0.15) is 0 Å². The van der Waals surface area contributed by atoms with E-state index < -0.39 is 0 Å². The number of nitrogens with one attached hydrogen (secondary N) is 1. The van der Waals surface area contributed by atoms with Crippen LogP contribution in [0.5, 0.6) is 0 Å². The van der Waals surface area contributed by atoms with Crippen LogP contribution in [0.2, 0.25) is 0 Å². The number of nitrogens with zero attached hydrogens (tertiary/aromatic N) is 1. The van der Waals surface area contributed by atoms with Crippen LogP contribution in [0.3, 0.4) is 0 Å². The van der Waals surface area contributed by atoms with E-state index in [9.17, 15) is 0 Å². The molecular weight excluding hydrogens is 344 g/mol. The average Bonchev–Trinajstić information content (AvgIpc) is 2.89. The van der Waals surface area contributed by atoms with E-state index in [0.29, 0.717) is 0 Å². The van der Waals surface area contributed by atoms with Crippen LogP contribution in [0, 0.1) is 0 Å². The van der Waals surface area contributed by atoms with E-state index in [-0.39, 0.29) is 5.54 Å². The molecule has 114 valence electrons. The summed E-state index contributed by atoms with van der Waals surface area (Å²) in [5.41, 5.74) is 2.65. The van der Waals surface area contributed by atoms with Gasteiger partial charge in [0.1, 0.15) is 0 Å². The zero-order chi connectivity index (χ0) is 15.5. The molecule has 0 spiro atoms. The molecule has 0 bridgehead atoms. The van der Waals surface area contributed by atoms with E-state index in [1.54, 1.807) is 11.3 Å². The maximum Gasteiger partial charge on any atom is 0.0519 e. The second-order valence-electron chi connectivity index (χ2n) is 6.31. The lowest BCUT2D eigenvalue weighted by Crippen LogP contribution is -2.35. The molecule has 1 heterocycles. The van der Waals surface area contributed by atoms with Gasteiger partial charge in [-0.15, -0.1) is 11.3 Å². The van der Waals surface area contributed by atoms with Gasteiger partial charge in [0.05, 0.1) is 6.54 Å². The first-order valence-electron chi connectivity index (χ1n) is 7.12. The molecule has 1 N–H and O–H groups in total. The number of benzene rings is 1. The van der Waals surface area contributed by atoms with Crippen molar-refractivity contribution in [3.05, 3.63) is 50.6 Å². The minimum atomic E-state index is 0.133. The predicted molar refractivity (Wildman–Crippen MR) is 97.2 cm³/mol. The lowest BCUT2D eigenvalue weighted by Gasteiger charge is -2.22. The molecule has 1 aromatic carbocycles. The summed E-state index contributed by atoms with van der Waals surface area (Å²) in [5, 5.41) is 5.65. The summed E-state index contributed by atoms with van der Waals surface area (Å²) in [6, 6.07) is 10.9. The summed E-state index contributed by atoms with van der Waals surface area (Å²) in [5.74, 6) is 0. The summed E-state index contributed by atoms with van der Waals surface area (Å²) < 4.78 is 1.16. The highest BCUT2D eigenvalue weighted by Gasteiger charge is 2.11. The van der Waals surface area contributed by atoms with Crippen molar-refractivity contribution >= 4 is 33.0 Å². The fourth-order valence-corrected chi connectivity index (χ4v) is 3.27. The Bertz CT molecular complexity index is 573. The first-order valence-corrected chi connectivity index (χ1v) is 8.79. The van der Waals surface area contributed by atoms with Crippen molar-refractivity contribution in [2.45, 2.75) is 39.4 Å². The normalized spacial score (nSPS) is 11.7. The van der Waals surface area contributed by atoms with Crippen molar-refractivity contribution in [3.8, 4) is 0 Å². The van der Waals surface area contributed by atoms with Gasteiger partial charge in [-0.1, -0.05) is 28.1 Å². The van der Waals surface area contributed by atoms with E-state index in [2.05, 4.69) is 89.7 Å². The summed E-state index contributed by atoms with van der Waals surface area (Å²) in [6.45, 7) is 8.38. The number of hydrogen-bond donors (Lipinski definition) is 1. The molecule has 0 aliphatic rings. The van der Waals surface area contributed by atoms with E-state index in [1.807, 2.05) is 0 Å². The molecule has 2 nitrogen and oxygen atoms in total. The summed E-state index contributed by atoms with van der Waals surface area (Å²) in [4.78, 5) is 3.66. The Labute approximate surface area is 140 Å². The van der Waals surface area contributed by atoms with Gasteiger partial charge in [0.15, 0.2) is 0 Å². The van der Waals surface area contributed by atoms with Crippen LogP contribution in [0.1, 0.15) is 31.2 Å². The quantitative estimate of drug-likeness (QED) is 0.797. The van der Waals surface area contributed by atoms with Gasteiger partial charge in [-0.25, -0.2) is 0 Å². The molecule has 0 radical (unpaired) electrons. The lowest BCUT2D eigenvalue weighted by molar-refractivity contribution is 0.424. The third-order valence-electron chi connectivity index (χ3n) is 3.26. The maximum absolute atomic E-state index is 3.70. The Morgan fingerprint density at radius 3 is 2.57 bits per heavy atom. The standard InChI is InChI=1S/C17H23BrN2S/c1-17(2,3)19-11-13-7-8-14(10-16(13)18)20(4)12-15-6-5-9-21-15/h5-10,19H,11-12H2,1-4H3. The number of anilines is 1. The van der Waals surface area contributed by atoms with Gasteiger partial charge >= 0.3 is 0 Å². The van der Waals surface area contributed by atoms with Gasteiger partial charge < -0.3 is 10.2 Å². The van der Waals surface area contributed by atoms with Gasteiger partial charge in [0.2, 0.25) is 0 Å². The molecule has 4 heteroatoms. The monoisotopic (exact) mass is 366 g/mol. The molecule has 2 rings (SSSR count). The Morgan fingerprint density at radius 2 is 2.00 bits per heavy atom. The molecule has 0 aliphatic carbocycles. The van der Waals surface area contributed by atoms with Gasteiger partial charge in [0, 0.05) is 34.2 Å². The second kappa shape index (κ2) is 6.95. The molecule has 0 saturated heterocycles. The highest BCUT2D eigenvalue weighted by atomic mass is 79.9. The molecule has 0 unspecified atom stereocenters. The zero-order valence-electron chi connectivity index (χ0n) is 13.1. The van der Waals surface area contributed by atoms with E-state index >= 15 is 0 Å². The predicted octanol–water partition coefficient (Wildman–Crippen LogP) is 5.04. The van der Waals surface area contributed by atoms with E-state index in [0.717, 1.165) is 17.6 Å². The van der Waals surface area contributed by atoms with Crippen molar-refractivity contribution in [2.24, 2.45) is 0 Å². The Hall–Kier alpha value is -0.840. The molecule has 1 aromatic heterocycles. The van der Waals surface area contributed by atoms with Crippen molar-refractivity contribution in [3.63, 3.8) is 0 Å². The minimum absolute atomic E-state index is 0.133. The summed E-state index contributed by atoms with van der Waals surface area (Å²) >= 11 is 5.50. The summed E-state index contributed by atoms with van der Waals surface area (Å²) in [7, 11) is 2.13. The highest BCUT2D eigenvalue weighted by Crippen LogP contribution is 2.25. The van der Waals surface area contributed by atoms with Gasteiger partial charge in [-0.05, 0) is 49.9 Å². The number of rotatable bonds is 5. The molecular formula is C17H23BrN2S. The fourth-order valence-electron chi connectivity index (χ4n) is 2.01. The number of thiophene rings is 1. The molecule has 0 saturated carbocycles. The summed E-state index contributed by atoms with van der Waals surface area (Å²) in [6.07, 6.45) is 0.